The number of nitrogens with one attached hydrogen (secondary N) is 1. The standard InChI is InChI=1S/C13H25NO2/c1-3-16-13(15)7-5-4-6-8-14-12-9-11(2)10-12/h11-12,14H,3-10H2,1-2H3. The molecule has 1 N–H and O–H groups in total. The molecule has 0 atom stereocenters. The molecular formula is C13H25NO2. The predicted molar refractivity (Wildman–Crippen MR) is 65.3 cm³/mol. The molecule has 0 aromatic carbocycles. The molecule has 1 rings (SSSR count). The highest BCUT2D eigenvalue weighted by molar-refractivity contribution is 5.69. The molecule has 0 aliphatic heterocycles. The maximum absolute atomic E-state index is 11.0. The zero-order valence-electron chi connectivity index (χ0n) is 10.6. The minimum atomic E-state index is -0.0525. The van der Waals surface area contributed by atoms with E-state index in [0.717, 1.165) is 31.3 Å². The zero-order valence-corrected chi connectivity index (χ0v) is 10.6. The second-order valence-corrected chi connectivity index (χ2v) is 4.84. The number of hydrogen-bond donors (Lipinski definition) is 1. The van der Waals surface area contributed by atoms with Crippen molar-refractivity contribution in [3.63, 3.8) is 0 Å². The predicted octanol–water partition coefficient (Wildman–Crippen LogP) is 2.50. The van der Waals surface area contributed by atoms with Gasteiger partial charge in [-0.15, -0.1) is 0 Å². The number of unbranched alkanes of at least 4 members (excludes halogenated alkanes) is 2. The molecule has 1 fully saturated rings. The van der Waals surface area contributed by atoms with Crippen LogP contribution in [0.4, 0.5) is 0 Å². The van der Waals surface area contributed by atoms with Crippen LogP contribution in [0.2, 0.25) is 0 Å². The lowest BCUT2D eigenvalue weighted by atomic mass is 9.82. The van der Waals surface area contributed by atoms with Crippen LogP contribution in [-0.2, 0) is 9.53 Å². The van der Waals surface area contributed by atoms with Gasteiger partial charge in [0.1, 0.15) is 0 Å². The van der Waals surface area contributed by atoms with Crippen molar-refractivity contribution in [2.45, 2.75) is 58.4 Å². The SMILES string of the molecule is CCOC(=O)CCCCCNC1CC(C)C1. The van der Waals surface area contributed by atoms with Crippen molar-refractivity contribution < 1.29 is 9.53 Å². The van der Waals surface area contributed by atoms with Crippen LogP contribution < -0.4 is 5.32 Å². The summed E-state index contributed by atoms with van der Waals surface area (Å²) in [6.07, 6.45) is 6.50. The third-order valence-corrected chi connectivity index (χ3v) is 3.17. The van der Waals surface area contributed by atoms with Crippen molar-refractivity contribution >= 4 is 5.97 Å². The van der Waals surface area contributed by atoms with Crippen LogP contribution in [0, 0.1) is 5.92 Å². The first-order valence-corrected chi connectivity index (χ1v) is 6.61. The van der Waals surface area contributed by atoms with Crippen LogP contribution in [0.1, 0.15) is 52.4 Å². The molecule has 0 spiro atoms. The van der Waals surface area contributed by atoms with E-state index in [1.165, 1.54) is 19.3 Å². The number of carbonyl (C=O) groups excluding carboxylic acids is 1. The fraction of sp³-hybridized carbons (Fsp3) is 0.923. The second kappa shape index (κ2) is 7.66. The van der Waals surface area contributed by atoms with Crippen molar-refractivity contribution in [1.82, 2.24) is 5.32 Å². The first kappa shape index (κ1) is 13.5. The molecule has 1 saturated carbocycles. The fourth-order valence-electron chi connectivity index (χ4n) is 2.18. The van der Waals surface area contributed by atoms with E-state index in [1.807, 2.05) is 6.92 Å². The summed E-state index contributed by atoms with van der Waals surface area (Å²) < 4.78 is 4.87. The van der Waals surface area contributed by atoms with Gasteiger partial charge >= 0.3 is 5.97 Å². The average molecular weight is 227 g/mol. The van der Waals surface area contributed by atoms with Crippen LogP contribution in [0.15, 0.2) is 0 Å². The largest absolute Gasteiger partial charge is 0.466 e. The van der Waals surface area contributed by atoms with Gasteiger partial charge in [0.25, 0.3) is 0 Å². The molecule has 1 aliphatic carbocycles. The summed E-state index contributed by atoms with van der Waals surface area (Å²) >= 11 is 0. The Labute approximate surface area is 98.9 Å². The van der Waals surface area contributed by atoms with Crippen LogP contribution in [-0.4, -0.2) is 25.2 Å². The molecule has 0 aromatic heterocycles. The van der Waals surface area contributed by atoms with E-state index >= 15 is 0 Å². The lowest BCUT2D eigenvalue weighted by Crippen LogP contribution is -2.40. The van der Waals surface area contributed by atoms with Gasteiger partial charge in [-0.3, -0.25) is 4.79 Å². The van der Waals surface area contributed by atoms with E-state index in [2.05, 4.69) is 12.2 Å². The van der Waals surface area contributed by atoms with Crippen LogP contribution >= 0.6 is 0 Å². The molecule has 3 heteroatoms. The van der Waals surface area contributed by atoms with E-state index in [-0.39, 0.29) is 5.97 Å². The third-order valence-electron chi connectivity index (χ3n) is 3.17. The summed E-state index contributed by atoms with van der Waals surface area (Å²) in [5.74, 6) is 0.865. The molecule has 0 aromatic rings. The number of esters is 1. The van der Waals surface area contributed by atoms with Gasteiger partial charge in [-0.25, -0.2) is 0 Å². The molecule has 1 aliphatic rings. The first-order chi connectivity index (χ1) is 7.72. The van der Waals surface area contributed by atoms with Crippen molar-refractivity contribution in [2.24, 2.45) is 5.92 Å². The van der Waals surface area contributed by atoms with Gasteiger partial charge in [0, 0.05) is 12.5 Å². The zero-order chi connectivity index (χ0) is 11.8. The summed E-state index contributed by atoms with van der Waals surface area (Å²) in [6, 6.07) is 0.764. The molecule has 0 bridgehead atoms. The maximum atomic E-state index is 11.0. The Morgan fingerprint density at radius 3 is 2.69 bits per heavy atom. The monoisotopic (exact) mass is 227 g/mol. The highest BCUT2D eigenvalue weighted by atomic mass is 16.5. The Morgan fingerprint density at radius 2 is 2.06 bits per heavy atom. The number of carbonyl (C=O) groups is 1. The van der Waals surface area contributed by atoms with Crippen molar-refractivity contribution in [3.05, 3.63) is 0 Å². The molecular weight excluding hydrogens is 202 g/mol. The lowest BCUT2D eigenvalue weighted by molar-refractivity contribution is -0.143. The topological polar surface area (TPSA) is 38.3 Å². The normalized spacial score (nSPS) is 23.9. The summed E-state index contributed by atoms with van der Waals surface area (Å²) in [6.45, 7) is 5.75. The van der Waals surface area contributed by atoms with E-state index in [4.69, 9.17) is 4.74 Å². The van der Waals surface area contributed by atoms with Crippen molar-refractivity contribution in [2.75, 3.05) is 13.2 Å². The van der Waals surface area contributed by atoms with E-state index in [9.17, 15) is 4.79 Å². The summed E-state index contributed by atoms with van der Waals surface area (Å²) in [7, 11) is 0. The lowest BCUT2D eigenvalue weighted by Gasteiger charge is -2.33. The number of rotatable bonds is 8. The maximum Gasteiger partial charge on any atom is 0.305 e. The Morgan fingerprint density at radius 1 is 1.31 bits per heavy atom. The van der Waals surface area contributed by atoms with E-state index < -0.39 is 0 Å². The Hall–Kier alpha value is -0.570. The van der Waals surface area contributed by atoms with Crippen LogP contribution in [0.3, 0.4) is 0 Å². The highest BCUT2D eigenvalue weighted by Crippen LogP contribution is 2.26. The number of hydrogen-bond acceptors (Lipinski definition) is 3. The van der Waals surface area contributed by atoms with Gasteiger partial charge in [0.2, 0.25) is 0 Å². The average Bonchev–Trinajstić information content (AvgIpc) is 2.20. The second-order valence-electron chi connectivity index (χ2n) is 4.84. The highest BCUT2D eigenvalue weighted by Gasteiger charge is 2.23. The molecule has 0 radical (unpaired) electrons. The van der Waals surface area contributed by atoms with Gasteiger partial charge in [-0.1, -0.05) is 13.3 Å². The van der Waals surface area contributed by atoms with Crippen molar-refractivity contribution in [1.29, 1.82) is 0 Å². The molecule has 0 amide bonds. The molecule has 94 valence electrons. The van der Waals surface area contributed by atoms with Crippen LogP contribution in [0.25, 0.3) is 0 Å². The fourth-order valence-corrected chi connectivity index (χ4v) is 2.18. The van der Waals surface area contributed by atoms with E-state index in [1.54, 1.807) is 0 Å². The molecule has 0 saturated heterocycles. The number of ether oxygens (including phenoxy) is 1. The molecule has 0 heterocycles. The van der Waals surface area contributed by atoms with Gasteiger partial charge in [0.15, 0.2) is 0 Å². The van der Waals surface area contributed by atoms with Crippen molar-refractivity contribution in [3.8, 4) is 0 Å². The Kier molecular flexibility index (Phi) is 6.46. The van der Waals surface area contributed by atoms with Gasteiger partial charge in [-0.2, -0.15) is 0 Å². The summed E-state index contributed by atoms with van der Waals surface area (Å²) in [5.41, 5.74) is 0. The Bertz CT molecular complexity index is 200. The van der Waals surface area contributed by atoms with Gasteiger partial charge < -0.3 is 10.1 Å². The van der Waals surface area contributed by atoms with Gasteiger partial charge in [-0.05, 0) is 45.1 Å². The quantitative estimate of drug-likeness (QED) is 0.511. The molecule has 16 heavy (non-hydrogen) atoms. The first-order valence-electron chi connectivity index (χ1n) is 6.61. The minimum Gasteiger partial charge on any atom is -0.466 e. The smallest absolute Gasteiger partial charge is 0.305 e. The van der Waals surface area contributed by atoms with E-state index in [0.29, 0.717) is 13.0 Å². The summed E-state index contributed by atoms with van der Waals surface area (Å²) in [4.78, 5) is 11.0. The van der Waals surface area contributed by atoms with Crippen LogP contribution in [0.5, 0.6) is 0 Å². The molecule has 3 nitrogen and oxygen atoms in total. The summed E-state index contributed by atoms with van der Waals surface area (Å²) in [5, 5.41) is 3.55. The third kappa shape index (κ3) is 5.50. The van der Waals surface area contributed by atoms with Gasteiger partial charge in [0.05, 0.1) is 6.61 Å². The Balaban J connectivity index is 1.79. The minimum absolute atomic E-state index is 0.0525. The molecule has 0 unspecified atom stereocenters.